The minimum absolute atomic E-state index is 0.272. The van der Waals surface area contributed by atoms with Crippen molar-refractivity contribution in [3.8, 4) is 22.0 Å². The van der Waals surface area contributed by atoms with E-state index in [0.29, 0.717) is 30.2 Å². The number of rotatable bonds is 5. The molecule has 8 nitrogen and oxygen atoms in total. The van der Waals surface area contributed by atoms with Crippen LogP contribution in [0.1, 0.15) is 17.0 Å². The molecule has 4 heterocycles. The van der Waals surface area contributed by atoms with Gasteiger partial charge in [-0.1, -0.05) is 18.2 Å². The van der Waals surface area contributed by atoms with Crippen LogP contribution in [0, 0.1) is 6.92 Å². The highest BCUT2D eigenvalue weighted by Crippen LogP contribution is 2.36. The molecule has 10 heteroatoms. The number of aryl methyl sites for hydroxylation is 1. The lowest BCUT2D eigenvalue weighted by Gasteiger charge is -2.21. The van der Waals surface area contributed by atoms with Gasteiger partial charge in [-0.2, -0.15) is 0 Å². The van der Waals surface area contributed by atoms with Crippen LogP contribution in [-0.4, -0.2) is 49.4 Å². The number of thiazole rings is 2. The van der Waals surface area contributed by atoms with Crippen molar-refractivity contribution in [1.29, 1.82) is 0 Å². The minimum Gasteiger partial charge on any atom is -0.375 e. The van der Waals surface area contributed by atoms with Gasteiger partial charge in [-0.3, -0.25) is 4.79 Å². The summed E-state index contributed by atoms with van der Waals surface area (Å²) in [4.78, 5) is 31.8. The Hall–Kier alpha value is -3.21. The molecule has 162 valence electrons. The van der Waals surface area contributed by atoms with Gasteiger partial charge < -0.3 is 15.3 Å². The molecule has 1 aliphatic heterocycles. The number of likely N-dealkylation sites (N-methyl/N-ethyl adjacent to an activating group) is 1. The summed E-state index contributed by atoms with van der Waals surface area (Å²) in [6, 6.07) is 9.22. The van der Waals surface area contributed by atoms with Crippen molar-refractivity contribution >= 4 is 39.5 Å². The number of aliphatic hydroxyl groups is 1. The van der Waals surface area contributed by atoms with Gasteiger partial charge in [0.05, 0.1) is 16.9 Å². The number of amides is 1. The number of benzene rings is 1. The third-order valence-corrected chi connectivity index (χ3v) is 7.09. The number of likely N-dealkylation sites (tertiary alicyclic amines) is 1. The second-order valence-electron chi connectivity index (χ2n) is 7.59. The highest BCUT2D eigenvalue weighted by molar-refractivity contribution is 7.15. The van der Waals surface area contributed by atoms with Crippen molar-refractivity contribution in [3.63, 3.8) is 0 Å². The molecule has 5 rings (SSSR count). The fraction of sp³-hybridized carbons (Fsp3) is 0.227. The average molecular weight is 465 g/mol. The molecule has 1 amide bonds. The first-order valence-electron chi connectivity index (χ1n) is 10.00. The third-order valence-electron chi connectivity index (χ3n) is 5.38. The van der Waals surface area contributed by atoms with Crippen LogP contribution in [0.2, 0.25) is 0 Å². The summed E-state index contributed by atoms with van der Waals surface area (Å²) in [6.07, 6.45) is 3.82. The van der Waals surface area contributed by atoms with Crippen molar-refractivity contribution in [1.82, 2.24) is 24.8 Å². The smallest absolute Gasteiger partial charge is 0.258 e. The Balaban J connectivity index is 1.41. The largest absolute Gasteiger partial charge is 0.375 e. The molecule has 0 radical (unpaired) electrons. The lowest BCUT2D eigenvalue weighted by molar-refractivity contribution is -0.143. The van der Waals surface area contributed by atoms with E-state index in [-0.39, 0.29) is 5.91 Å². The van der Waals surface area contributed by atoms with Gasteiger partial charge in [0.15, 0.2) is 5.60 Å². The lowest BCUT2D eigenvalue weighted by Crippen LogP contribution is -2.36. The molecule has 1 unspecified atom stereocenters. The highest BCUT2D eigenvalue weighted by Gasteiger charge is 2.45. The lowest BCUT2D eigenvalue weighted by atomic mass is 9.91. The van der Waals surface area contributed by atoms with Gasteiger partial charge >= 0.3 is 0 Å². The average Bonchev–Trinajstić information content (AvgIpc) is 3.52. The van der Waals surface area contributed by atoms with Crippen molar-refractivity contribution < 1.29 is 9.90 Å². The summed E-state index contributed by atoms with van der Waals surface area (Å²) in [5, 5.41) is 18.7. The van der Waals surface area contributed by atoms with Crippen molar-refractivity contribution in [2.45, 2.75) is 18.9 Å². The van der Waals surface area contributed by atoms with Crippen LogP contribution < -0.4 is 5.32 Å². The summed E-state index contributed by atoms with van der Waals surface area (Å²) < 4.78 is 0. The van der Waals surface area contributed by atoms with Crippen LogP contribution in [-0.2, 0) is 10.4 Å². The monoisotopic (exact) mass is 464 g/mol. The molecule has 1 saturated heterocycles. The SMILES string of the molecule is Cc1ncc(Nc2nccc(-c3csc(-c4cccc(C5(O)CCN(C)C5=O)c4)n3)n2)s1. The number of aromatic nitrogens is 4. The van der Waals surface area contributed by atoms with E-state index < -0.39 is 5.60 Å². The Labute approximate surface area is 192 Å². The Morgan fingerprint density at radius 3 is 2.81 bits per heavy atom. The first kappa shape index (κ1) is 20.7. The predicted molar refractivity (Wildman–Crippen MR) is 125 cm³/mol. The van der Waals surface area contributed by atoms with Gasteiger partial charge in [0, 0.05) is 37.2 Å². The van der Waals surface area contributed by atoms with Gasteiger partial charge in [0.2, 0.25) is 5.95 Å². The molecule has 4 aromatic rings. The number of carbonyl (C=O) groups excluding carboxylic acids is 1. The van der Waals surface area contributed by atoms with E-state index >= 15 is 0 Å². The van der Waals surface area contributed by atoms with Crippen LogP contribution in [0.3, 0.4) is 0 Å². The first-order chi connectivity index (χ1) is 15.4. The second-order valence-corrected chi connectivity index (χ2v) is 9.68. The Morgan fingerprint density at radius 2 is 2.06 bits per heavy atom. The Kier molecular flexibility index (Phi) is 5.20. The van der Waals surface area contributed by atoms with Crippen molar-refractivity contribution in [3.05, 3.63) is 58.7 Å². The Morgan fingerprint density at radius 1 is 1.19 bits per heavy atom. The Bertz CT molecular complexity index is 1300. The first-order valence-corrected chi connectivity index (χ1v) is 11.7. The molecular weight excluding hydrogens is 444 g/mol. The molecular formula is C22H20N6O2S2. The minimum atomic E-state index is -1.48. The fourth-order valence-corrected chi connectivity index (χ4v) is 5.13. The maximum atomic E-state index is 12.5. The summed E-state index contributed by atoms with van der Waals surface area (Å²) in [7, 11) is 1.71. The zero-order chi connectivity index (χ0) is 22.3. The number of anilines is 2. The summed E-state index contributed by atoms with van der Waals surface area (Å²) in [5.41, 5.74) is 1.40. The highest BCUT2D eigenvalue weighted by atomic mass is 32.1. The van der Waals surface area contributed by atoms with E-state index in [1.54, 1.807) is 30.4 Å². The molecule has 0 aliphatic carbocycles. The van der Waals surface area contributed by atoms with Gasteiger partial charge in [-0.15, -0.1) is 22.7 Å². The van der Waals surface area contributed by atoms with Gasteiger partial charge in [0.1, 0.15) is 15.7 Å². The molecule has 32 heavy (non-hydrogen) atoms. The molecule has 2 N–H and O–H groups in total. The summed E-state index contributed by atoms with van der Waals surface area (Å²) >= 11 is 3.02. The van der Waals surface area contributed by atoms with Crippen molar-refractivity contribution in [2.24, 2.45) is 0 Å². The zero-order valence-corrected chi connectivity index (χ0v) is 19.1. The molecule has 1 aliphatic rings. The van der Waals surface area contributed by atoms with Crippen LogP contribution in [0.25, 0.3) is 22.0 Å². The van der Waals surface area contributed by atoms with Crippen LogP contribution in [0.15, 0.2) is 48.1 Å². The normalized spacial score (nSPS) is 18.3. The van der Waals surface area contributed by atoms with E-state index in [9.17, 15) is 9.90 Å². The standard InChI is InChI=1S/C22H20N6O2S2/c1-13-24-11-18(32-13)27-21-23-8-6-16(26-21)17-12-31-19(25-17)14-4-3-5-15(10-14)22(30)7-9-28(2)20(22)29/h3-6,8,10-12,30H,7,9H2,1-2H3,(H,23,26,27). The van der Waals surface area contributed by atoms with Gasteiger partial charge in [-0.05, 0) is 24.6 Å². The molecule has 1 aromatic carbocycles. The van der Waals surface area contributed by atoms with Crippen molar-refractivity contribution in [2.75, 3.05) is 18.9 Å². The van der Waals surface area contributed by atoms with Crippen LogP contribution >= 0.6 is 22.7 Å². The van der Waals surface area contributed by atoms with E-state index in [1.807, 2.05) is 36.6 Å². The molecule has 0 saturated carbocycles. The predicted octanol–water partition coefficient (Wildman–Crippen LogP) is 3.83. The van der Waals surface area contributed by atoms with Crippen LogP contribution in [0.4, 0.5) is 10.9 Å². The number of nitrogens with one attached hydrogen (secondary N) is 1. The van der Waals surface area contributed by atoms with E-state index in [2.05, 4.69) is 20.3 Å². The number of nitrogens with zero attached hydrogens (tertiary/aromatic N) is 5. The van der Waals surface area contributed by atoms with Gasteiger partial charge in [0.25, 0.3) is 5.91 Å². The maximum absolute atomic E-state index is 12.5. The van der Waals surface area contributed by atoms with E-state index in [4.69, 9.17) is 4.98 Å². The molecule has 1 atom stereocenters. The topological polar surface area (TPSA) is 104 Å². The van der Waals surface area contributed by atoms with E-state index in [1.165, 1.54) is 22.7 Å². The fourth-order valence-electron chi connectivity index (χ4n) is 3.65. The zero-order valence-electron chi connectivity index (χ0n) is 17.4. The summed E-state index contributed by atoms with van der Waals surface area (Å²) in [5.74, 6) is 0.209. The maximum Gasteiger partial charge on any atom is 0.258 e. The quantitative estimate of drug-likeness (QED) is 0.463. The summed E-state index contributed by atoms with van der Waals surface area (Å²) in [6.45, 7) is 2.48. The number of carbonyl (C=O) groups is 1. The molecule has 0 bridgehead atoms. The second kappa shape index (κ2) is 8.05. The van der Waals surface area contributed by atoms with Gasteiger partial charge in [-0.25, -0.2) is 19.9 Å². The van der Waals surface area contributed by atoms with Crippen LogP contribution in [0.5, 0.6) is 0 Å². The third kappa shape index (κ3) is 3.77. The number of hydrogen-bond acceptors (Lipinski definition) is 9. The molecule has 3 aromatic heterocycles. The van der Waals surface area contributed by atoms with E-state index in [0.717, 1.165) is 26.3 Å². The molecule has 1 fully saturated rings. The number of hydrogen-bond donors (Lipinski definition) is 2. The molecule has 0 spiro atoms.